The maximum absolute atomic E-state index is 12.2. The average molecular weight is 336 g/mol. The summed E-state index contributed by atoms with van der Waals surface area (Å²) in [6, 6.07) is 9.93. The van der Waals surface area contributed by atoms with Crippen molar-refractivity contribution in [2.45, 2.75) is 58.0 Å². The van der Waals surface area contributed by atoms with Gasteiger partial charge in [-0.25, -0.2) is 4.79 Å². The number of rotatable bonds is 5. The second-order valence-electron chi connectivity index (χ2n) is 7.75. The van der Waals surface area contributed by atoms with Gasteiger partial charge in [0.05, 0.1) is 12.6 Å². The van der Waals surface area contributed by atoms with Crippen molar-refractivity contribution in [3.63, 3.8) is 0 Å². The minimum Gasteiger partial charge on any atom is -0.445 e. The molecule has 23 heavy (non-hydrogen) atoms. The Hall–Kier alpha value is -1.33. The summed E-state index contributed by atoms with van der Waals surface area (Å²) in [6.07, 6.45) is 0.763. The molecule has 0 saturated carbocycles. The molecule has 0 spiro atoms. The molecule has 128 valence electrons. The molecule has 0 aromatic heterocycles. The third-order valence-corrected chi connectivity index (χ3v) is 9.53. The summed E-state index contributed by atoms with van der Waals surface area (Å²) >= 11 is 0. The SMILES string of the molecule is CC(C)(C)[Si](C)(C)OC[C@@H]1CCN1C(=O)OCc1ccccc1. The molecule has 1 heterocycles. The summed E-state index contributed by atoms with van der Waals surface area (Å²) in [6.45, 7) is 12.9. The van der Waals surface area contributed by atoms with Gasteiger partial charge in [0.15, 0.2) is 8.32 Å². The highest BCUT2D eigenvalue weighted by molar-refractivity contribution is 6.74. The quantitative estimate of drug-likeness (QED) is 0.748. The summed E-state index contributed by atoms with van der Waals surface area (Å²) in [5.41, 5.74) is 1.01. The summed E-state index contributed by atoms with van der Waals surface area (Å²) in [5.74, 6) is 0. The van der Waals surface area contributed by atoms with Gasteiger partial charge >= 0.3 is 6.09 Å². The topological polar surface area (TPSA) is 38.8 Å². The first-order chi connectivity index (χ1) is 10.7. The summed E-state index contributed by atoms with van der Waals surface area (Å²) in [7, 11) is -1.76. The van der Waals surface area contributed by atoms with Gasteiger partial charge in [-0.05, 0) is 30.1 Å². The van der Waals surface area contributed by atoms with Crippen molar-refractivity contribution in [1.82, 2.24) is 4.90 Å². The molecule has 1 saturated heterocycles. The summed E-state index contributed by atoms with van der Waals surface area (Å²) < 4.78 is 11.6. The lowest BCUT2D eigenvalue weighted by Gasteiger charge is -2.43. The lowest BCUT2D eigenvalue weighted by Crippen LogP contribution is -2.55. The van der Waals surface area contributed by atoms with Crippen LogP contribution in [-0.2, 0) is 15.8 Å². The van der Waals surface area contributed by atoms with Gasteiger partial charge in [-0.3, -0.25) is 0 Å². The molecular formula is C18H29NO3Si. The van der Waals surface area contributed by atoms with Gasteiger partial charge in [-0.15, -0.1) is 0 Å². The Morgan fingerprint density at radius 1 is 1.26 bits per heavy atom. The number of hydrogen-bond acceptors (Lipinski definition) is 3. The van der Waals surface area contributed by atoms with Crippen molar-refractivity contribution >= 4 is 14.4 Å². The van der Waals surface area contributed by atoms with Gasteiger partial charge in [0.2, 0.25) is 0 Å². The molecule has 1 aliphatic heterocycles. The zero-order chi connectivity index (χ0) is 17.1. The molecule has 5 heteroatoms. The van der Waals surface area contributed by atoms with Crippen molar-refractivity contribution in [2.75, 3.05) is 13.2 Å². The summed E-state index contributed by atoms with van der Waals surface area (Å²) in [4.78, 5) is 14.0. The van der Waals surface area contributed by atoms with Crippen molar-refractivity contribution in [2.24, 2.45) is 0 Å². The Morgan fingerprint density at radius 3 is 2.43 bits per heavy atom. The van der Waals surface area contributed by atoms with E-state index in [1.165, 1.54) is 0 Å². The fourth-order valence-electron chi connectivity index (χ4n) is 2.18. The van der Waals surface area contributed by atoms with E-state index in [1.807, 2.05) is 30.3 Å². The second kappa shape index (κ2) is 7.05. The molecule has 1 aromatic rings. The number of amides is 1. The van der Waals surface area contributed by atoms with Gasteiger partial charge < -0.3 is 14.1 Å². The van der Waals surface area contributed by atoms with Crippen molar-refractivity contribution in [3.05, 3.63) is 35.9 Å². The van der Waals surface area contributed by atoms with Gasteiger partial charge in [0.1, 0.15) is 6.61 Å². The van der Waals surface area contributed by atoms with Gasteiger partial charge in [-0.1, -0.05) is 51.1 Å². The van der Waals surface area contributed by atoms with E-state index < -0.39 is 8.32 Å². The van der Waals surface area contributed by atoms with E-state index in [9.17, 15) is 4.79 Å². The normalized spacial score (nSPS) is 18.5. The Bertz CT molecular complexity index is 525. The number of hydrogen-bond donors (Lipinski definition) is 0. The maximum atomic E-state index is 12.2. The lowest BCUT2D eigenvalue weighted by atomic mass is 10.1. The van der Waals surface area contributed by atoms with E-state index in [4.69, 9.17) is 9.16 Å². The van der Waals surface area contributed by atoms with Crippen molar-refractivity contribution in [3.8, 4) is 0 Å². The van der Waals surface area contributed by atoms with Gasteiger partial charge in [0, 0.05) is 6.54 Å². The molecule has 1 atom stereocenters. The van der Waals surface area contributed by atoms with Crippen LogP contribution in [0.2, 0.25) is 18.1 Å². The van der Waals surface area contributed by atoms with E-state index in [1.54, 1.807) is 4.90 Å². The predicted octanol–water partition coefficient (Wildman–Crippen LogP) is 4.42. The largest absolute Gasteiger partial charge is 0.445 e. The molecule has 0 radical (unpaired) electrons. The van der Waals surface area contributed by atoms with Crippen LogP contribution in [0.1, 0.15) is 32.8 Å². The highest BCUT2D eigenvalue weighted by Gasteiger charge is 2.40. The molecule has 1 fully saturated rings. The Labute approximate surface area is 140 Å². The number of nitrogens with zero attached hydrogens (tertiary/aromatic N) is 1. The maximum Gasteiger partial charge on any atom is 0.410 e. The first kappa shape index (κ1) is 18.0. The third kappa shape index (κ3) is 4.58. The molecule has 4 nitrogen and oxygen atoms in total. The first-order valence-electron chi connectivity index (χ1n) is 8.32. The van der Waals surface area contributed by atoms with Crippen LogP contribution in [0.15, 0.2) is 30.3 Å². The second-order valence-corrected chi connectivity index (χ2v) is 12.6. The fourth-order valence-corrected chi connectivity index (χ4v) is 3.22. The van der Waals surface area contributed by atoms with Crippen LogP contribution in [0.3, 0.4) is 0 Å². The van der Waals surface area contributed by atoms with Crippen molar-refractivity contribution < 1.29 is 14.0 Å². The predicted molar refractivity (Wildman–Crippen MR) is 94.9 cm³/mol. The highest BCUT2D eigenvalue weighted by atomic mass is 28.4. The van der Waals surface area contributed by atoms with Gasteiger partial charge in [-0.2, -0.15) is 0 Å². The molecule has 0 aliphatic carbocycles. The molecule has 0 bridgehead atoms. The van der Waals surface area contributed by atoms with Gasteiger partial charge in [0.25, 0.3) is 0 Å². The number of carbonyl (C=O) groups is 1. The smallest absolute Gasteiger partial charge is 0.410 e. The number of carbonyl (C=O) groups excluding carboxylic acids is 1. The van der Waals surface area contributed by atoms with Crippen LogP contribution < -0.4 is 0 Å². The van der Waals surface area contributed by atoms with Crippen LogP contribution >= 0.6 is 0 Å². The zero-order valence-corrected chi connectivity index (χ0v) is 16.0. The van der Waals surface area contributed by atoms with Crippen LogP contribution in [0.25, 0.3) is 0 Å². The summed E-state index contributed by atoms with van der Waals surface area (Å²) in [5, 5.41) is 0.190. The van der Waals surface area contributed by atoms with E-state index in [0.29, 0.717) is 13.2 Å². The minimum absolute atomic E-state index is 0.160. The van der Waals surface area contributed by atoms with E-state index >= 15 is 0 Å². The van der Waals surface area contributed by atoms with E-state index in [-0.39, 0.29) is 17.2 Å². The van der Waals surface area contributed by atoms with Crippen LogP contribution in [0, 0.1) is 0 Å². The van der Waals surface area contributed by atoms with Crippen LogP contribution in [0.4, 0.5) is 4.79 Å². The molecule has 1 aromatic carbocycles. The Kier molecular flexibility index (Phi) is 5.52. The number of benzene rings is 1. The molecule has 1 amide bonds. The monoisotopic (exact) mass is 335 g/mol. The molecule has 0 unspecified atom stereocenters. The molecule has 0 N–H and O–H groups in total. The Balaban J connectivity index is 1.79. The standard InChI is InChI=1S/C18H29NO3Si/c1-18(2,3)23(4,5)22-14-16-11-12-19(16)17(20)21-13-15-9-7-6-8-10-15/h6-10,16H,11-14H2,1-5H3/t16-/m0/s1. The zero-order valence-electron chi connectivity index (χ0n) is 15.0. The van der Waals surface area contributed by atoms with E-state index in [2.05, 4.69) is 33.9 Å². The van der Waals surface area contributed by atoms with Crippen molar-refractivity contribution in [1.29, 1.82) is 0 Å². The molecule has 1 aliphatic rings. The molecular weight excluding hydrogens is 306 g/mol. The highest BCUT2D eigenvalue weighted by Crippen LogP contribution is 2.37. The van der Waals surface area contributed by atoms with Crippen LogP contribution in [0.5, 0.6) is 0 Å². The number of ether oxygens (including phenoxy) is 1. The lowest BCUT2D eigenvalue weighted by molar-refractivity contribution is 0.0237. The van der Waals surface area contributed by atoms with Crippen LogP contribution in [-0.4, -0.2) is 38.5 Å². The minimum atomic E-state index is -1.76. The fraction of sp³-hybridized carbons (Fsp3) is 0.611. The third-order valence-electron chi connectivity index (χ3n) is 5.03. The molecule has 2 rings (SSSR count). The first-order valence-corrected chi connectivity index (χ1v) is 11.2. The Morgan fingerprint density at radius 2 is 1.91 bits per heavy atom. The number of likely N-dealkylation sites (tertiary alicyclic amines) is 1. The average Bonchev–Trinajstić information content (AvgIpc) is 2.44. The van der Waals surface area contributed by atoms with E-state index in [0.717, 1.165) is 18.5 Å².